The Morgan fingerprint density at radius 2 is 2.00 bits per heavy atom. The van der Waals surface area contributed by atoms with Gasteiger partial charge in [0.15, 0.2) is 0 Å². The SMILES string of the molecule is O=C(c1cccnc1)N1CC[C@H](c2nnc(-c3ccncc3)o2)C1. The minimum Gasteiger partial charge on any atom is -0.420 e. The molecule has 7 nitrogen and oxygen atoms in total. The predicted octanol–water partition coefficient (Wildman–Crippen LogP) is 2.16. The van der Waals surface area contributed by atoms with Crippen LogP contribution in [0, 0.1) is 0 Å². The average molecular weight is 321 g/mol. The molecule has 120 valence electrons. The highest BCUT2D eigenvalue weighted by atomic mass is 16.4. The van der Waals surface area contributed by atoms with Crippen molar-refractivity contribution < 1.29 is 9.21 Å². The summed E-state index contributed by atoms with van der Waals surface area (Å²) in [6, 6.07) is 7.19. The summed E-state index contributed by atoms with van der Waals surface area (Å²) in [6.45, 7) is 1.25. The third-order valence-corrected chi connectivity index (χ3v) is 4.10. The van der Waals surface area contributed by atoms with Crippen LogP contribution in [0.3, 0.4) is 0 Å². The first-order valence-corrected chi connectivity index (χ1v) is 7.74. The van der Waals surface area contributed by atoms with Crippen LogP contribution in [-0.2, 0) is 0 Å². The van der Waals surface area contributed by atoms with Crippen LogP contribution in [0.15, 0.2) is 53.5 Å². The molecule has 4 rings (SSSR count). The molecule has 1 aliphatic rings. The second-order valence-electron chi connectivity index (χ2n) is 5.66. The predicted molar refractivity (Wildman–Crippen MR) is 85.0 cm³/mol. The van der Waals surface area contributed by atoms with Crippen LogP contribution in [0.1, 0.15) is 28.6 Å². The van der Waals surface area contributed by atoms with Gasteiger partial charge in [0, 0.05) is 43.4 Å². The molecule has 24 heavy (non-hydrogen) atoms. The highest BCUT2D eigenvalue weighted by Gasteiger charge is 2.31. The van der Waals surface area contributed by atoms with Crippen LogP contribution in [0.2, 0.25) is 0 Å². The van der Waals surface area contributed by atoms with Crippen molar-refractivity contribution in [3.63, 3.8) is 0 Å². The molecule has 0 N–H and O–H groups in total. The Bertz CT molecular complexity index is 834. The number of likely N-dealkylation sites (tertiary alicyclic amines) is 1. The first kappa shape index (κ1) is 14.5. The van der Waals surface area contributed by atoms with Crippen molar-refractivity contribution in [1.82, 2.24) is 25.1 Å². The molecule has 7 heteroatoms. The van der Waals surface area contributed by atoms with E-state index in [9.17, 15) is 4.79 Å². The molecule has 1 saturated heterocycles. The van der Waals surface area contributed by atoms with Gasteiger partial charge in [-0.3, -0.25) is 14.8 Å². The standard InChI is InChI=1S/C17H15N5O2/c23-17(13-2-1-6-19-10-13)22-9-5-14(11-22)16-21-20-15(24-16)12-3-7-18-8-4-12/h1-4,6-8,10,14H,5,9,11H2/t14-/m0/s1. The molecule has 1 fully saturated rings. The molecule has 0 aliphatic carbocycles. The zero-order valence-electron chi connectivity index (χ0n) is 12.9. The molecule has 1 aliphatic heterocycles. The van der Waals surface area contributed by atoms with E-state index in [-0.39, 0.29) is 11.8 Å². The first-order valence-electron chi connectivity index (χ1n) is 7.74. The fourth-order valence-electron chi connectivity index (χ4n) is 2.83. The summed E-state index contributed by atoms with van der Waals surface area (Å²) in [5.41, 5.74) is 1.44. The minimum atomic E-state index is -0.0144. The van der Waals surface area contributed by atoms with Gasteiger partial charge in [-0.25, -0.2) is 0 Å². The lowest BCUT2D eigenvalue weighted by Gasteiger charge is -2.15. The smallest absolute Gasteiger partial charge is 0.255 e. The fraction of sp³-hybridized carbons (Fsp3) is 0.235. The second kappa shape index (κ2) is 6.19. The van der Waals surface area contributed by atoms with E-state index in [2.05, 4.69) is 20.2 Å². The van der Waals surface area contributed by atoms with E-state index in [1.165, 1.54) is 0 Å². The van der Waals surface area contributed by atoms with Crippen LogP contribution in [0.5, 0.6) is 0 Å². The highest BCUT2D eigenvalue weighted by molar-refractivity contribution is 5.94. The van der Waals surface area contributed by atoms with Crippen molar-refractivity contribution in [3.05, 3.63) is 60.5 Å². The summed E-state index contributed by atoms with van der Waals surface area (Å²) in [7, 11) is 0. The number of aromatic nitrogens is 4. The van der Waals surface area contributed by atoms with Crippen LogP contribution in [-0.4, -0.2) is 44.1 Å². The molecule has 0 bridgehead atoms. The lowest BCUT2D eigenvalue weighted by molar-refractivity contribution is 0.0789. The molecule has 0 aromatic carbocycles. The number of hydrogen-bond acceptors (Lipinski definition) is 6. The van der Waals surface area contributed by atoms with Gasteiger partial charge in [-0.2, -0.15) is 0 Å². The van der Waals surface area contributed by atoms with Crippen molar-refractivity contribution in [3.8, 4) is 11.5 Å². The monoisotopic (exact) mass is 321 g/mol. The van der Waals surface area contributed by atoms with Crippen LogP contribution < -0.4 is 0 Å². The normalized spacial score (nSPS) is 17.2. The van der Waals surface area contributed by atoms with Gasteiger partial charge in [-0.15, -0.1) is 10.2 Å². The Hall–Kier alpha value is -3.09. The van der Waals surface area contributed by atoms with Crippen LogP contribution >= 0.6 is 0 Å². The maximum atomic E-state index is 12.5. The molecule has 4 heterocycles. The Kier molecular flexibility index (Phi) is 3.74. The van der Waals surface area contributed by atoms with Crippen LogP contribution in [0.25, 0.3) is 11.5 Å². The van der Waals surface area contributed by atoms with E-state index < -0.39 is 0 Å². The van der Waals surface area contributed by atoms with Crippen molar-refractivity contribution >= 4 is 5.91 Å². The number of pyridine rings is 2. The lowest BCUT2D eigenvalue weighted by Crippen LogP contribution is -2.28. The summed E-state index contributed by atoms with van der Waals surface area (Å²) in [4.78, 5) is 22.2. The van der Waals surface area contributed by atoms with Gasteiger partial charge in [0.25, 0.3) is 5.91 Å². The Morgan fingerprint density at radius 1 is 1.12 bits per heavy atom. The molecule has 1 amide bonds. The summed E-state index contributed by atoms with van der Waals surface area (Å²) < 4.78 is 5.79. The molecule has 0 radical (unpaired) electrons. The molecule has 0 saturated carbocycles. The topological polar surface area (TPSA) is 85.0 Å². The first-order chi connectivity index (χ1) is 11.8. The Balaban J connectivity index is 1.48. The van der Waals surface area contributed by atoms with E-state index in [0.717, 1.165) is 12.0 Å². The Labute approximate surface area is 138 Å². The van der Waals surface area contributed by atoms with E-state index in [1.54, 1.807) is 41.8 Å². The number of carbonyl (C=O) groups excluding carboxylic acids is 1. The molecular weight excluding hydrogens is 306 g/mol. The van der Waals surface area contributed by atoms with Crippen LogP contribution in [0.4, 0.5) is 0 Å². The third kappa shape index (κ3) is 2.76. The van der Waals surface area contributed by atoms with Gasteiger partial charge < -0.3 is 9.32 Å². The quantitative estimate of drug-likeness (QED) is 0.735. The largest absolute Gasteiger partial charge is 0.420 e. The van der Waals surface area contributed by atoms with Crippen molar-refractivity contribution in [1.29, 1.82) is 0 Å². The van der Waals surface area contributed by atoms with Gasteiger partial charge in [-0.1, -0.05) is 0 Å². The Morgan fingerprint density at radius 3 is 2.79 bits per heavy atom. The van der Waals surface area contributed by atoms with Gasteiger partial charge in [0.05, 0.1) is 11.5 Å². The molecule has 3 aromatic rings. The van der Waals surface area contributed by atoms with E-state index in [1.807, 2.05) is 12.1 Å². The molecule has 1 atom stereocenters. The summed E-state index contributed by atoms with van der Waals surface area (Å²) >= 11 is 0. The second-order valence-corrected chi connectivity index (χ2v) is 5.66. The van der Waals surface area contributed by atoms with Crippen molar-refractivity contribution in [2.75, 3.05) is 13.1 Å². The number of carbonyl (C=O) groups is 1. The lowest BCUT2D eigenvalue weighted by atomic mass is 10.1. The van der Waals surface area contributed by atoms with Gasteiger partial charge in [-0.05, 0) is 30.7 Å². The number of amides is 1. The van der Waals surface area contributed by atoms with Gasteiger partial charge in [0.1, 0.15) is 0 Å². The molecule has 0 unspecified atom stereocenters. The number of nitrogens with zero attached hydrogens (tertiary/aromatic N) is 5. The number of hydrogen-bond donors (Lipinski definition) is 0. The molecule has 3 aromatic heterocycles. The fourth-order valence-corrected chi connectivity index (χ4v) is 2.83. The van der Waals surface area contributed by atoms with Crippen molar-refractivity contribution in [2.24, 2.45) is 0 Å². The van der Waals surface area contributed by atoms with Gasteiger partial charge >= 0.3 is 0 Å². The average Bonchev–Trinajstić information content (AvgIpc) is 3.32. The van der Waals surface area contributed by atoms with Gasteiger partial charge in [0.2, 0.25) is 11.8 Å². The zero-order chi connectivity index (χ0) is 16.4. The van der Waals surface area contributed by atoms with E-state index >= 15 is 0 Å². The summed E-state index contributed by atoms with van der Waals surface area (Å²) in [6.07, 6.45) is 7.42. The van der Waals surface area contributed by atoms with Crippen molar-refractivity contribution in [2.45, 2.75) is 12.3 Å². The maximum Gasteiger partial charge on any atom is 0.255 e. The third-order valence-electron chi connectivity index (χ3n) is 4.10. The molecular formula is C17H15N5O2. The summed E-state index contributed by atoms with van der Waals surface area (Å²) in [5, 5.41) is 8.25. The highest BCUT2D eigenvalue weighted by Crippen LogP contribution is 2.29. The zero-order valence-corrected chi connectivity index (χ0v) is 12.9. The summed E-state index contributed by atoms with van der Waals surface area (Å²) in [5.74, 6) is 1.10. The maximum absolute atomic E-state index is 12.5. The van der Waals surface area contributed by atoms with E-state index in [4.69, 9.17) is 4.42 Å². The number of rotatable bonds is 3. The van der Waals surface area contributed by atoms with E-state index in [0.29, 0.717) is 30.4 Å². The molecule has 0 spiro atoms. The minimum absolute atomic E-state index is 0.0144.